The monoisotopic (exact) mass is 487 g/mol. The topological polar surface area (TPSA) is 152 Å². The Morgan fingerprint density at radius 2 is 1.91 bits per heavy atom. The minimum Gasteiger partial charge on any atom is -0.423 e. The van der Waals surface area contributed by atoms with Crippen molar-refractivity contribution in [3.05, 3.63) is 59.7 Å². The van der Waals surface area contributed by atoms with Crippen molar-refractivity contribution in [1.29, 1.82) is 0 Å². The molecule has 4 rings (SSSR count). The number of pyridine rings is 1. The van der Waals surface area contributed by atoms with Gasteiger partial charge in [-0.3, -0.25) is 28.0 Å². The zero-order valence-electron chi connectivity index (χ0n) is 16.5. The molecule has 10 nitrogen and oxygen atoms in total. The van der Waals surface area contributed by atoms with Crippen molar-refractivity contribution in [2.45, 2.75) is 37.1 Å². The molecular formula is C19H20FNO9P2. The summed E-state index contributed by atoms with van der Waals surface area (Å²) in [4.78, 5) is 36.4. The summed E-state index contributed by atoms with van der Waals surface area (Å²) in [5.74, 6) is -2.21. The van der Waals surface area contributed by atoms with Crippen LogP contribution in [-0.4, -0.2) is 30.9 Å². The fraction of sp³-hybridized carbons (Fsp3) is 0.368. The van der Waals surface area contributed by atoms with Gasteiger partial charge in [0, 0.05) is 24.4 Å². The van der Waals surface area contributed by atoms with Crippen molar-refractivity contribution in [3.63, 3.8) is 0 Å². The number of benzene rings is 1. The Bertz CT molecular complexity index is 1100. The van der Waals surface area contributed by atoms with Crippen molar-refractivity contribution in [1.82, 2.24) is 4.98 Å². The molecule has 2 heterocycles. The Balaban J connectivity index is 1.56. The summed E-state index contributed by atoms with van der Waals surface area (Å²) in [6.07, 6.45) is 2.21. The van der Waals surface area contributed by atoms with E-state index in [2.05, 4.69) is 4.98 Å². The summed E-state index contributed by atoms with van der Waals surface area (Å²) in [5.41, 5.74) is -0.0363. The van der Waals surface area contributed by atoms with Crippen molar-refractivity contribution in [3.8, 4) is 5.75 Å². The van der Waals surface area contributed by atoms with Crippen LogP contribution < -0.4 is 4.74 Å². The molecule has 0 radical (unpaired) electrons. The average Bonchev–Trinajstić information content (AvgIpc) is 2.67. The lowest BCUT2D eigenvalue weighted by atomic mass is 9.86. The van der Waals surface area contributed by atoms with Crippen LogP contribution >= 0.6 is 15.2 Å². The third-order valence-corrected chi connectivity index (χ3v) is 10.0. The molecule has 1 saturated heterocycles. The van der Waals surface area contributed by atoms with Gasteiger partial charge in [0.05, 0.1) is 5.92 Å². The van der Waals surface area contributed by atoms with E-state index in [0.717, 1.165) is 24.6 Å². The van der Waals surface area contributed by atoms with Gasteiger partial charge >= 0.3 is 21.2 Å². The molecule has 1 saturated carbocycles. The maximum atomic E-state index is 14.5. The predicted octanol–water partition coefficient (Wildman–Crippen LogP) is 3.23. The number of carbonyl (C=O) groups excluding carboxylic acids is 1. The van der Waals surface area contributed by atoms with Gasteiger partial charge in [0.2, 0.25) is 6.29 Å². The Morgan fingerprint density at radius 3 is 2.44 bits per heavy atom. The van der Waals surface area contributed by atoms with Gasteiger partial charge in [-0.1, -0.05) is 18.6 Å². The zero-order chi connectivity index (χ0) is 23.1. The molecular weight excluding hydrogens is 467 g/mol. The lowest BCUT2D eigenvalue weighted by Crippen LogP contribution is -2.37. The second-order valence-corrected chi connectivity index (χ2v) is 12.0. The molecule has 0 spiro atoms. The Kier molecular flexibility index (Phi) is 6.11. The molecule has 172 valence electrons. The quantitative estimate of drug-likeness (QED) is 0.326. The summed E-state index contributed by atoms with van der Waals surface area (Å²) in [6, 6.07) is 5.92. The van der Waals surface area contributed by atoms with Crippen molar-refractivity contribution in [2.24, 2.45) is 5.92 Å². The van der Waals surface area contributed by atoms with Crippen LogP contribution in [0.1, 0.15) is 36.7 Å². The van der Waals surface area contributed by atoms with Gasteiger partial charge in [0.15, 0.2) is 11.6 Å². The van der Waals surface area contributed by atoms with Crippen LogP contribution in [0.2, 0.25) is 0 Å². The molecule has 32 heavy (non-hydrogen) atoms. The number of esters is 1. The van der Waals surface area contributed by atoms with Gasteiger partial charge in [-0.15, -0.1) is 0 Å². The summed E-state index contributed by atoms with van der Waals surface area (Å²) in [5, 5.41) is 7.53. The number of hydrogen-bond acceptors (Lipinski definition) is 8. The van der Waals surface area contributed by atoms with Gasteiger partial charge in [0.25, 0.3) is 5.08 Å². The first kappa shape index (κ1) is 23.2. The molecule has 3 N–H and O–H groups in total. The summed E-state index contributed by atoms with van der Waals surface area (Å²) in [7, 11) is -10.4. The van der Waals surface area contributed by atoms with Crippen molar-refractivity contribution in [2.75, 3.05) is 0 Å². The third-order valence-electron chi connectivity index (χ3n) is 5.42. The van der Waals surface area contributed by atoms with E-state index in [4.69, 9.17) is 13.8 Å². The molecule has 2 aromatic rings. The molecule has 2 aliphatic rings. The van der Waals surface area contributed by atoms with E-state index >= 15 is 0 Å². The molecule has 0 bridgehead atoms. The van der Waals surface area contributed by atoms with Crippen molar-refractivity contribution < 1.29 is 47.0 Å². The highest BCUT2D eigenvalue weighted by molar-refractivity contribution is 7.73. The second-order valence-electron chi connectivity index (χ2n) is 7.63. The number of hydrogen-bond donors (Lipinski definition) is 3. The van der Waals surface area contributed by atoms with Gasteiger partial charge in [-0.05, 0) is 36.6 Å². The number of rotatable bonds is 5. The molecule has 2 fully saturated rings. The number of ether oxygens (including phenoxy) is 1. The molecule has 1 aromatic heterocycles. The van der Waals surface area contributed by atoms with Gasteiger partial charge in [-0.2, -0.15) is 0 Å². The van der Waals surface area contributed by atoms with Crippen molar-refractivity contribution >= 4 is 21.2 Å². The van der Waals surface area contributed by atoms with Crippen LogP contribution in [-0.2, 0) is 29.4 Å². The third kappa shape index (κ3) is 4.18. The van der Waals surface area contributed by atoms with Crippen LogP contribution in [0.3, 0.4) is 0 Å². The number of halogens is 1. The van der Waals surface area contributed by atoms with E-state index in [1.165, 1.54) is 24.5 Å². The van der Waals surface area contributed by atoms with Crippen LogP contribution in [0, 0.1) is 11.7 Å². The predicted molar refractivity (Wildman–Crippen MR) is 107 cm³/mol. The van der Waals surface area contributed by atoms with Crippen LogP contribution in [0.4, 0.5) is 4.39 Å². The number of carbonyl (C=O) groups is 1. The molecule has 2 atom stereocenters. The average molecular weight is 487 g/mol. The normalized spacial score (nSPS) is 32.8. The highest BCUT2D eigenvalue weighted by Crippen LogP contribution is 2.79. The summed E-state index contributed by atoms with van der Waals surface area (Å²) >= 11 is 0. The molecule has 0 amide bonds. The smallest absolute Gasteiger partial charge is 0.374 e. The minimum absolute atomic E-state index is 0.188. The Labute approximate surface area is 182 Å². The maximum Gasteiger partial charge on any atom is 0.374 e. The molecule has 1 aromatic carbocycles. The Morgan fingerprint density at radius 1 is 1.22 bits per heavy atom. The first-order valence-corrected chi connectivity index (χ1v) is 12.8. The van der Waals surface area contributed by atoms with Crippen LogP contribution in [0.5, 0.6) is 5.75 Å². The summed E-state index contributed by atoms with van der Waals surface area (Å²) < 4.78 is 54.9. The zero-order valence-corrected chi connectivity index (χ0v) is 18.3. The molecule has 1 aliphatic heterocycles. The van der Waals surface area contributed by atoms with E-state index in [-0.39, 0.29) is 22.8 Å². The summed E-state index contributed by atoms with van der Waals surface area (Å²) in [6.45, 7) is 0. The van der Waals surface area contributed by atoms with E-state index in [1.807, 2.05) is 0 Å². The fourth-order valence-corrected chi connectivity index (χ4v) is 6.87. The lowest BCUT2D eigenvalue weighted by molar-refractivity contribution is -0.141. The largest absolute Gasteiger partial charge is 0.423 e. The van der Waals surface area contributed by atoms with E-state index < -0.39 is 44.8 Å². The standard InChI is InChI=1S/C19H20FNO9P2/c20-15-9-14(6-7-16(15)28-17(22)13-4-1-5-13)18-29-31(24,25)19(23,32(26,27)30-18)10-12-3-2-8-21-11-12/h2-3,6-9,11,13,18,23H,1,4-5,10H2,(H,24,25)(H,26,27). The lowest BCUT2D eigenvalue weighted by Gasteiger charge is -2.41. The number of aliphatic hydroxyl groups is 1. The highest BCUT2D eigenvalue weighted by atomic mass is 31.2. The highest BCUT2D eigenvalue weighted by Gasteiger charge is 2.67. The minimum atomic E-state index is -5.19. The second kappa shape index (κ2) is 8.43. The van der Waals surface area contributed by atoms with Crippen LogP contribution in [0.15, 0.2) is 42.7 Å². The first-order chi connectivity index (χ1) is 15.0. The van der Waals surface area contributed by atoms with E-state index in [9.17, 15) is 33.2 Å². The number of aromatic nitrogens is 1. The fourth-order valence-electron chi connectivity index (χ4n) is 3.29. The molecule has 2 unspecified atom stereocenters. The van der Waals surface area contributed by atoms with Gasteiger partial charge in [0.1, 0.15) is 0 Å². The number of nitrogens with zero attached hydrogens (tertiary/aromatic N) is 1. The van der Waals surface area contributed by atoms with Gasteiger partial charge < -0.3 is 19.6 Å². The van der Waals surface area contributed by atoms with Crippen LogP contribution in [0.25, 0.3) is 0 Å². The van der Waals surface area contributed by atoms with E-state index in [1.54, 1.807) is 0 Å². The molecule has 1 aliphatic carbocycles. The van der Waals surface area contributed by atoms with E-state index in [0.29, 0.717) is 12.8 Å². The van der Waals surface area contributed by atoms with Gasteiger partial charge in [-0.25, -0.2) is 4.39 Å². The Hall–Kier alpha value is -1.97. The first-order valence-electron chi connectivity index (χ1n) is 9.67. The SMILES string of the molecule is O=C(Oc1ccc(C2OP(=O)(O)C(O)(Cc3cccnc3)P(=O)(O)O2)cc1F)C1CCC1. The molecule has 13 heteroatoms. The maximum absolute atomic E-state index is 14.5.